The smallest absolute Gasteiger partial charge is 0.224 e. The summed E-state index contributed by atoms with van der Waals surface area (Å²) in [5, 5.41) is 4.87. The van der Waals surface area contributed by atoms with Gasteiger partial charge in [-0.2, -0.15) is 17.6 Å². The minimum Gasteiger partial charge on any atom is -0.224 e. The van der Waals surface area contributed by atoms with Crippen molar-refractivity contribution in [1.29, 1.82) is 0 Å². The summed E-state index contributed by atoms with van der Waals surface area (Å²) in [7, 11) is -6.61. The standard InChI is InChI=1S/C10H12F5NO2S2Si/c1-21(2,3)6-4-5(9(19-6)20(16,17)18)7(11)8(12)10(13,14)15/h4H,1-3H3,(H2,16,17,18)/b8-7-. The maximum Gasteiger partial charge on any atom is 0.445 e. The number of alkyl halides is 3. The van der Waals surface area contributed by atoms with Crippen LogP contribution in [0.2, 0.25) is 19.6 Å². The molecule has 0 spiro atoms. The van der Waals surface area contributed by atoms with Crippen molar-refractivity contribution in [3.05, 3.63) is 17.5 Å². The third kappa shape index (κ3) is 4.11. The second-order valence-electron chi connectivity index (χ2n) is 5.23. The molecule has 0 bridgehead atoms. The van der Waals surface area contributed by atoms with Crippen LogP contribution in [0.3, 0.4) is 0 Å². The second kappa shape index (κ2) is 5.45. The molecule has 3 nitrogen and oxygen atoms in total. The average molecular weight is 365 g/mol. The number of rotatable bonds is 3. The van der Waals surface area contributed by atoms with Gasteiger partial charge in [-0.3, -0.25) is 0 Å². The molecule has 1 heterocycles. The first-order valence-corrected chi connectivity index (χ1v) is 11.3. The molecule has 0 amide bonds. The topological polar surface area (TPSA) is 60.2 Å². The SMILES string of the molecule is C[Si](C)(C)c1cc(/C(F)=C(/F)C(F)(F)F)c(S(N)(=O)=O)s1. The van der Waals surface area contributed by atoms with Gasteiger partial charge >= 0.3 is 6.18 Å². The van der Waals surface area contributed by atoms with Gasteiger partial charge < -0.3 is 0 Å². The van der Waals surface area contributed by atoms with Crippen molar-refractivity contribution in [3.8, 4) is 0 Å². The number of halogens is 5. The highest BCUT2D eigenvalue weighted by Gasteiger charge is 2.40. The Kier molecular flexibility index (Phi) is 4.74. The molecule has 11 heteroatoms. The van der Waals surface area contributed by atoms with Crippen LogP contribution in [0.25, 0.3) is 5.83 Å². The summed E-state index contributed by atoms with van der Waals surface area (Å²) < 4.78 is 85.7. The summed E-state index contributed by atoms with van der Waals surface area (Å²) in [6.07, 6.45) is -5.54. The normalized spacial score (nSPS) is 15.1. The molecule has 120 valence electrons. The predicted molar refractivity (Wildman–Crippen MR) is 73.9 cm³/mol. The predicted octanol–water partition coefficient (Wildman–Crippen LogP) is 3.11. The zero-order valence-electron chi connectivity index (χ0n) is 11.2. The Hall–Kier alpha value is -0.783. The average Bonchev–Trinajstić information content (AvgIpc) is 2.69. The van der Waals surface area contributed by atoms with E-state index in [4.69, 9.17) is 5.14 Å². The van der Waals surface area contributed by atoms with Crippen molar-refractivity contribution < 1.29 is 30.4 Å². The van der Waals surface area contributed by atoms with Gasteiger partial charge in [-0.25, -0.2) is 17.9 Å². The third-order valence-corrected chi connectivity index (χ3v) is 8.57. The fraction of sp³-hybridized carbons (Fsp3) is 0.400. The summed E-state index contributed by atoms with van der Waals surface area (Å²) in [4.78, 5) is 0. The van der Waals surface area contributed by atoms with Crippen LogP contribution in [-0.4, -0.2) is 22.7 Å². The number of hydrogen-bond donors (Lipinski definition) is 1. The Bertz CT molecular complexity index is 685. The summed E-state index contributed by atoms with van der Waals surface area (Å²) in [6.45, 7) is 5.33. The van der Waals surface area contributed by atoms with Crippen molar-refractivity contribution in [1.82, 2.24) is 0 Å². The number of hydrogen-bond acceptors (Lipinski definition) is 3. The van der Waals surface area contributed by atoms with Crippen molar-refractivity contribution in [2.24, 2.45) is 5.14 Å². The minimum absolute atomic E-state index is 0.395. The molecule has 0 saturated carbocycles. The highest BCUT2D eigenvalue weighted by atomic mass is 32.2. The first-order chi connectivity index (χ1) is 9.15. The van der Waals surface area contributed by atoms with Crippen LogP contribution in [0.1, 0.15) is 5.56 Å². The van der Waals surface area contributed by atoms with Gasteiger partial charge in [-0.15, -0.1) is 11.3 Å². The number of thiophene rings is 1. The lowest BCUT2D eigenvalue weighted by Gasteiger charge is -2.12. The molecule has 0 saturated heterocycles. The molecule has 1 aromatic rings. The molecule has 0 aliphatic carbocycles. The molecule has 0 unspecified atom stereocenters. The largest absolute Gasteiger partial charge is 0.445 e. The third-order valence-electron chi connectivity index (χ3n) is 2.37. The quantitative estimate of drug-likeness (QED) is 0.661. The highest BCUT2D eigenvalue weighted by molar-refractivity contribution is 7.91. The highest BCUT2D eigenvalue weighted by Crippen LogP contribution is 2.37. The van der Waals surface area contributed by atoms with Crippen LogP contribution in [0.4, 0.5) is 22.0 Å². The van der Waals surface area contributed by atoms with Crippen molar-refractivity contribution in [2.75, 3.05) is 0 Å². The Morgan fingerprint density at radius 2 is 1.71 bits per heavy atom. The zero-order valence-corrected chi connectivity index (χ0v) is 13.8. The van der Waals surface area contributed by atoms with E-state index in [-0.39, 0.29) is 0 Å². The fourth-order valence-corrected chi connectivity index (χ4v) is 5.51. The molecule has 0 fully saturated rings. The molecular weight excluding hydrogens is 353 g/mol. The lowest BCUT2D eigenvalue weighted by molar-refractivity contribution is -0.108. The molecule has 21 heavy (non-hydrogen) atoms. The Morgan fingerprint density at radius 3 is 2.05 bits per heavy atom. The Morgan fingerprint density at radius 1 is 1.24 bits per heavy atom. The van der Waals surface area contributed by atoms with Gasteiger partial charge in [-0.05, 0) is 10.6 Å². The summed E-state index contributed by atoms with van der Waals surface area (Å²) in [6, 6.07) is 0.928. The summed E-state index contributed by atoms with van der Waals surface area (Å²) >= 11 is 0.570. The lowest BCUT2D eigenvalue weighted by atomic mass is 10.2. The van der Waals surface area contributed by atoms with Crippen molar-refractivity contribution in [2.45, 2.75) is 30.0 Å². The van der Waals surface area contributed by atoms with E-state index in [0.717, 1.165) is 6.07 Å². The first kappa shape index (κ1) is 18.3. The number of nitrogens with two attached hydrogens (primary N) is 1. The number of sulfonamides is 1. The van der Waals surface area contributed by atoms with E-state index in [1.807, 2.05) is 0 Å². The number of allylic oxidation sites excluding steroid dienone is 1. The van der Waals surface area contributed by atoms with Crippen LogP contribution < -0.4 is 9.64 Å². The maximum atomic E-state index is 13.7. The van der Waals surface area contributed by atoms with E-state index in [9.17, 15) is 30.4 Å². The number of primary sulfonamides is 1. The van der Waals surface area contributed by atoms with Gasteiger partial charge in [0.25, 0.3) is 0 Å². The van der Waals surface area contributed by atoms with Crippen LogP contribution in [0.15, 0.2) is 16.1 Å². The molecule has 2 N–H and O–H groups in total. The van der Waals surface area contributed by atoms with E-state index in [0.29, 0.717) is 15.8 Å². The lowest BCUT2D eigenvalue weighted by Crippen LogP contribution is -2.34. The summed E-state index contributed by atoms with van der Waals surface area (Å²) in [5.41, 5.74) is -0.977. The van der Waals surface area contributed by atoms with Crippen LogP contribution in [0, 0.1) is 0 Å². The summed E-state index contributed by atoms with van der Waals surface area (Å²) in [5.74, 6) is -5.25. The monoisotopic (exact) mass is 365 g/mol. The molecule has 1 rings (SSSR count). The molecule has 0 radical (unpaired) electrons. The van der Waals surface area contributed by atoms with Crippen LogP contribution >= 0.6 is 11.3 Å². The van der Waals surface area contributed by atoms with E-state index >= 15 is 0 Å². The van der Waals surface area contributed by atoms with Crippen molar-refractivity contribution in [3.63, 3.8) is 0 Å². The van der Waals surface area contributed by atoms with E-state index in [1.54, 1.807) is 19.6 Å². The van der Waals surface area contributed by atoms with E-state index in [2.05, 4.69) is 0 Å². The molecule has 0 aliphatic rings. The van der Waals surface area contributed by atoms with E-state index < -0.39 is 45.7 Å². The first-order valence-electron chi connectivity index (χ1n) is 5.45. The van der Waals surface area contributed by atoms with Gasteiger partial charge in [0, 0.05) is 5.56 Å². The van der Waals surface area contributed by atoms with Gasteiger partial charge in [0.15, 0.2) is 5.83 Å². The van der Waals surface area contributed by atoms with Crippen molar-refractivity contribution >= 4 is 39.8 Å². The molecule has 0 aromatic carbocycles. The molecular formula is C10H12F5NO2S2Si. The van der Waals surface area contributed by atoms with Gasteiger partial charge in [-0.1, -0.05) is 19.6 Å². The van der Waals surface area contributed by atoms with Gasteiger partial charge in [0.05, 0.1) is 8.07 Å². The maximum absolute atomic E-state index is 13.7. The second-order valence-corrected chi connectivity index (χ2v) is 13.4. The molecule has 1 aromatic heterocycles. The molecule has 0 atom stereocenters. The Balaban J connectivity index is 3.68. The van der Waals surface area contributed by atoms with E-state index in [1.165, 1.54) is 0 Å². The minimum atomic E-state index is -5.54. The fourth-order valence-electron chi connectivity index (χ4n) is 1.35. The van der Waals surface area contributed by atoms with Gasteiger partial charge in [0.2, 0.25) is 15.9 Å². The Labute approximate surface area is 123 Å². The van der Waals surface area contributed by atoms with Gasteiger partial charge in [0.1, 0.15) is 4.21 Å². The van der Waals surface area contributed by atoms with Crippen LogP contribution in [-0.2, 0) is 10.0 Å². The zero-order chi connectivity index (χ0) is 16.8. The van der Waals surface area contributed by atoms with Crippen LogP contribution in [0.5, 0.6) is 0 Å². The molecule has 0 aliphatic heterocycles.